The van der Waals surface area contributed by atoms with Crippen LogP contribution in [-0.2, 0) is 9.53 Å². The van der Waals surface area contributed by atoms with Crippen molar-refractivity contribution in [1.29, 1.82) is 0 Å². The highest BCUT2D eigenvalue weighted by Crippen LogP contribution is 2.24. The fourth-order valence-electron chi connectivity index (χ4n) is 2.20. The highest BCUT2D eigenvalue weighted by molar-refractivity contribution is 5.97. The number of amides is 1. The molecule has 0 saturated heterocycles. The minimum Gasteiger partial charge on any atom is -0.478 e. The number of aromatic carboxylic acids is 1. The maximum Gasteiger partial charge on any atom is 0.336 e. The summed E-state index contributed by atoms with van der Waals surface area (Å²) in [5, 5.41) is 11.8. The number of methoxy groups -OCH3 is 1. The molecule has 0 aliphatic carbocycles. The molecule has 0 radical (unpaired) electrons. The summed E-state index contributed by atoms with van der Waals surface area (Å²) >= 11 is 0. The van der Waals surface area contributed by atoms with Gasteiger partial charge in [-0.2, -0.15) is 0 Å². The first kappa shape index (κ1) is 17.2. The van der Waals surface area contributed by atoms with Crippen LogP contribution in [0.4, 0.5) is 0 Å². The van der Waals surface area contributed by atoms with Crippen LogP contribution < -0.4 is 5.32 Å². The third-order valence-electron chi connectivity index (χ3n) is 3.46. The first-order valence-electron chi connectivity index (χ1n) is 7.30. The van der Waals surface area contributed by atoms with E-state index >= 15 is 0 Å². The monoisotopic (exact) mass is 327 g/mol. The van der Waals surface area contributed by atoms with Crippen molar-refractivity contribution in [3.63, 3.8) is 0 Å². The summed E-state index contributed by atoms with van der Waals surface area (Å²) < 4.78 is 4.49. The molecule has 2 rings (SSSR count). The van der Waals surface area contributed by atoms with Crippen molar-refractivity contribution < 1.29 is 24.2 Å². The van der Waals surface area contributed by atoms with Gasteiger partial charge in [0.25, 0.3) is 5.91 Å². The standard InChI is InChI=1S/C18H17NO5/c1-24-16(20)10-11-19-17(21)13-8-6-12(7-9-13)14-4-2-3-5-15(14)18(22)23/h2-9H,10-11H2,1H3,(H,19,21)(H,22,23). The highest BCUT2D eigenvalue weighted by Gasteiger charge is 2.12. The second-order valence-corrected chi connectivity index (χ2v) is 5.01. The number of ether oxygens (including phenoxy) is 1. The van der Waals surface area contributed by atoms with E-state index in [-0.39, 0.29) is 24.4 Å². The van der Waals surface area contributed by atoms with E-state index in [2.05, 4.69) is 10.1 Å². The molecule has 0 unspecified atom stereocenters. The number of carbonyl (C=O) groups is 3. The van der Waals surface area contributed by atoms with E-state index in [0.717, 1.165) is 0 Å². The molecular weight excluding hydrogens is 310 g/mol. The number of hydrogen-bond donors (Lipinski definition) is 2. The van der Waals surface area contributed by atoms with Gasteiger partial charge in [0.05, 0.1) is 19.1 Å². The van der Waals surface area contributed by atoms with Crippen molar-refractivity contribution in [3.8, 4) is 11.1 Å². The number of esters is 1. The second kappa shape index (κ2) is 7.92. The van der Waals surface area contributed by atoms with Crippen molar-refractivity contribution in [1.82, 2.24) is 5.32 Å². The van der Waals surface area contributed by atoms with Crippen LogP contribution in [-0.4, -0.2) is 36.6 Å². The van der Waals surface area contributed by atoms with Gasteiger partial charge in [-0.15, -0.1) is 0 Å². The van der Waals surface area contributed by atoms with Gasteiger partial charge < -0.3 is 15.2 Å². The number of benzene rings is 2. The molecule has 6 heteroatoms. The zero-order valence-corrected chi connectivity index (χ0v) is 13.1. The van der Waals surface area contributed by atoms with Gasteiger partial charge in [-0.25, -0.2) is 4.79 Å². The third kappa shape index (κ3) is 4.19. The van der Waals surface area contributed by atoms with E-state index in [4.69, 9.17) is 0 Å². The summed E-state index contributed by atoms with van der Waals surface area (Å²) in [5.74, 6) is -1.71. The molecule has 2 aromatic carbocycles. The van der Waals surface area contributed by atoms with Gasteiger partial charge in [-0.05, 0) is 29.3 Å². The summed E-state index contributed by atoms with van der Waals surface area (Å²) in [6.07, 6.45) is 0.103. The van der Waals surface area contributed by atoms with Crippen molar-refractivity contribution >= 4 is 17.8 Å². The molecule has 0 aliphatic rings. The zero-order valence-electron chi connectivity index (χ0n) is 13.1. The van der Waals surface area contributed by atoms with E-state index in [9.17, 15) is 19.5 Å². The molecule has 124 valence electrons. The van der Waals surface area contributed by atoms with Crippen LogP contribution in [0.5, 0.6) is 0 Å². The Morgan fingerprint density at radius 3 is 2.33 bits per heavy atom. The Labute approximate surface area is 139 Å². The molecule has 1 amide bonds. The van der Waals surface area contributed by atoms with Gasteiger partial charge in [0.2, 0.25) is 0 Å². The Bertz CT molecular complexity index is 752. The summed E-state index contributed by atoms with van der Waals surface area (Å²) in [6, 6.07) is 13.3. The molecule has 0 saturated carbocycles. The van der Waals surface area contributed by atoms with Crippen molar-refractivity contribution in [2.45, 2.75) is 6.42 Å². The number of rotatable bonds is 6. The quantitative estimate of drug-likeness (QED) is 0.795. The summed E-state index contributed by atoms with van der Waals surface area (Å²) in [5.41, 5.74) is 1.92. The van der Waals surface area contributed by atoms with E-state index in [0.29, 0.717) is 16.7 Å². The normalized spacial score (nSPS) is 10.0. The van der Waals surface area contributed by atoms with E-state index < -0.39 is 11.9 Å². The predicted octanol–water partition coefficient (Wildman–Crippen LogP) is 2.34. The lowest BCUT2D eigenvalue weighted by atomic mass is 9.98. The van der Waals surface area contributed by atoms with E-state index in [1.807, 2.05) is 0 Å². The molecule has 0 aromatic heterocycles. The molecule has 2 aromatic rings. The molecule has 0 aliphatic heterocycles. The Hall–Kier alpha value is -3.15. The topological polar surface area (TPSA) is 92.7 Å². The lowest BCUT2D eigenvalue weighted by Crippen LogP contribution is -2.26. The largest absolute Gasteiger partial charge is 0.478 e. The minimum absolute atomic E-state index is 0.103. The van der Waals surface area contributed by atoms with Crippen molar-refractivity contribution in [2.24, 2.45) is 0 Å². The lowest BCUT2D eigenvalue weighted by molar-refractivity contribution is -0.140. The second-order valence-electron chi connectivity index (χ2n) is 5.01. The average molecular weight is 327 g/mol. The van der Waals surface area contributed by atoms with Crippen LogP contribution in [0.25, 0.3) is 11.1 Å². The van der Waals surface area contributed by atoms with Crippen LogP contribution in [0.3, 0.4) is 0 Å². The molecular formula is C18H17NO5. The molecule has 0 bridgehead atoms. The molecule has 0 fully saturated rings. The molecule has 2 N–H and O–H groups in total. The Morgan fingerprint density at radius 2 is 1.71 bits per heavy atom. The first-order valence-corrected chi connectivity index (χ1v) is 7.30. The van der Waals surface area contributed by atoms with Gasteiger partial charge >= 0.3 is 11.9 Å². The average Bonchev–Trinajstić information content (AvgIpc) is 2.61. The van der Waals surface area contributed by atoms with Crippen LogP contribution in [0.2, 0.25) is 0 Å². The highest BCUT2D eigenvalue weighted by atomic mass is 16.5. The summed E-state index contributed by atoms with van der Waals surface area (Å²) in [7, 11) is 1.29. The van der Waals surface area contributed by atoms with Crippen molar-refractivity contribution in [2.75, 3.05) is 13.7 Å². The minimum atomic E-state index is -1.00. The van der Waals surface area contributed by atoms with Gasteiger partial charge in [-0.3, -0.25) is 9.59 Å². The summed E-state index contributed by atoms with van der Waals surface area (Å²) in [4.78, 5) is 34.2. The number of carboxylic acid groups (broad SMARTS) is 1. The molecule has 6 nitrogen and oxygen atoms in total. The molecule has 24 heavy (non-hydrogen) atoms. The molecule has 0 atom stereocenters. The third-order valence-corrected chi connectivity index (χ3v) is 3.46. The number of hydrogen-bond acceptors (Lipinski definition) is 4. The number of carbonyl (C=O) groups excluding carboxylic acids is 2. The predicted molar refractivity (Wildman–Crippen MR) is 87.8 cm³/mol. The van der Waals surface area contributed by atoms with Crippen LogP contribution in [0.1, 0.15) is 27.1 Å². The van der Waals surface area contributed by atoms with E-state index in [1.54, 1.807) is 42.5 Å². The van der Waals surface area contributed by atoms with Gasteiger partial charge in [0.1, 0.15) is 0 Å². The van der Waals surface area contributed by atoms with Gasteiger partial charge in [-0.1, -0.05) is 30.3 Å². The van der Waals surface area contributed by atoms with E-state index in [1.165, 1.54) is 13.2 Å². The smallest absolute Gasteiger partial charge is 0.336 e. The van der Waals surface area contributed by atoms with Crippen LogP contribution >= 0.6 is 0 Å². The molecule has 0 spiro atoms. The number of nitrogens with one attached hydrogen (secondary N) is 1. The fourth-order valence-corrected chi connectivity index (χ4v) is 2.20. The molecule has 0 heterocycles. The first-order chi connectivity index (χ1) is 11.5. The maximum absolute atomic E-state index is 12.0. The Balaban J connectivity index is 2.10. The summed E-state index contributed by atoms with van der Waals surface area (Å²) in [6.45, 7) is 0.190. The van der Waals surface area contributed by atoms with Gasteiger partial charge in [0, 0.05) is 12.1 Å². The van der Waals surface area contributed by atoms with Crippen LogP contribution in [0.15, 0.2) is 48.5 Å². The SMILES string of the molecule is COC(=O)CCNC(=O)c1ccc(-c2ccccc2C(=O)O)cc1. The fraction of sp³-hybridized carbons (Fsp3) is 0.167. The lowest BCUT2D eigenvalue weighted by Gasteiger charge is -2.08. The van der Waals surface area contributed by atoms with Crippen LogP contribution in [0, 0.1) is 0 Å². The van der Waals surface area contributed by atoms with Gasteiger partial charge in [0.15, 0.2) is 0 Å². The Kier molecular flexibility index (Phi) is 5.68. The maximum atomic E-state index is 12.0. The Morgan fingerprint density at radius 1 is 1.04 bits per heavy atom. The number of carboxylic acids is 1. The zero-order chi connectivity index (χ0) is 17.5. The van der Waals surface area contributed by atoms with Crippen molar-refractivity contribution in [3.05, 3.63) is 59.7 Å².